The number of pyridine rings is 1. The van der Waals surface area contributed by atoms with E-state index in [2.05, 4.69) is 77.4 Å². The van der Waals surface area contributed by atoms with Gasteiger partial charge in [-0.3, -0.25) is 4.90 Å². The molecule has 1 fully saturated rings. The molecule has 1 saturated heterocycles. The van der Waals surface area contributed by atoms with Crippen LogP contribution in [-0.4, -0.2) is 49.8 Å². The van der Waals surface area contributed by atoms with Gasteiger partial charge in [-0.2, -0.15) is 0 Å². The Morgan fingerprint density at radius 3 is 2.05 bits per heavy atom. The standard InChI is InChI=1S/C30H46N2O4Si/c1-20(2)37(21(3)4,22(5)6)36-28-17-23(7)26(16-24(28)8)27(19-33)32-14-12-30(34,13-15-32)25-10-11-29(35-9)31-18-25/h10-11,16-22,27,34H,12-15H2,1-9H3. The molecule has 0 aliphatic carbocycles. The first kappa shape index (κ1) is 29.3. The monoisotopic (exact) mass is 526 g/mol. The molecule has 1 aliphatic heterocycles. The molecule has 2 aromatic rings. The Hall–Kier alpha value is -2.22. The molecule has 204 valence electrons. The van der Waals surface area contributed by atoms with Crippen LogP contribution in [0.25, 0.3) is 0 Å². The normalized spacial score (nSPS) is 17.3. The molecule has 1 unspecified atom stereocenters. The van der Waals surface area contributed by atoms with E-state index >= 15 is 0 Å². The van der Waals surface area contributed by atoms with E-state index in [1.807, 2.05) is 6.07 Å². The lowest BCUT2D eigenvalue weighted by Crippen LogP contribution is -2.50. The molecule has 3 rings (SSSR count). The third-order valence-electron chi connectivity index (χ3n) is 8.51. The molecule has 7 heteroatoms. The molecule has 1 aromatic heterocycles. The van der Waals surface area contributed by atoms with Crippen molar-refractivity contribution >= 4 is 14.6 Å². The Morgan fingerprint density at radius 1 is 1.00 bits per heavy atom. The van der Waals surface area contributed by atoms with Gasteiger partial charge in [-0.25, -0.2) is 4.98 Å². The van der Waals surface area contributed by atoms with Crippen molar-refractivity contribution in [3.63, 3.8) is 0 Å². The van der Waals surface area contributed by atoms with Crippen molar-refractivity contribution in [1.29, 1.82) is 0 Å². The number of aromatic nitrogens is 1. The molecule has 37 heavy (non-hydrogen) atoms. The van der Waals surface area contributed by atoms with Gasteiger partial charge >= 0.3 is 0 Å². The predicted molar refractivity (Wildman–Crippen MR) is 152 cm³/mol. The number of likely N-dealkylation sites (tertiary alicyclic amines) is 1. The Bertz CT molecular complexity index is 1040. The SMILES string of the molecule is COc1ccc(C2(O)CCN(C(C=O)c3cc(C)c(O[Si](C(C)C)(C(C)C)C(C)C)cc3C)CC2)cn1. The summed E-state index contributed by atoms with van der Waals surface area (Å²) in [6.45, 7) is 19.2. The molecular formula is C30H46N2O4Si. The van der Waals surface area contributed by atoms with Crippen LogP contribution >= 0.6 is 0 Å². The van der Waals surface area contributed by atoms with Gasteiger partial charge in [-0.1, -0.05) is 47.6 Å². The fourth-order valence-corrected chi connectivity index (χ4v) is 11.7. The van der Waals surface area contributed by atoms with E-state index in [1.165, 1.54) is 0 Å². The molecule has 0 bridgehead atoms. The van der Waals surface area contributed by atoms with Gasteiger partial charge in [0.05, 0.1) is 18.8 Å². The molecule has 0 saturated carbocycles. The topological polar surface area (TPSA) is 71.9 Å². The van der Waals surface area contributed by atoms with Crippen LogP contribution < -0.4 is 9.16 Å². The summed E-state index contributed by atoms with van der Waals surface area (Å²) >= 11 is 0. The van der Waals surface area contributed by atoms with Gasteiger partial charge < -0.3 is 19.1 Å². The maximum Gasteiger partial charge on any atom is 0.258 e. The smallest absolute Gasteiger partial charge is 0.258 e. The highest BCUT2D eigenvalue weighted by atomic mass is 28.4. The lowest BCUT2D eigenvalue weighted by Gasteiger charge is -2.43. The third-order valence-corrected chi connectivity index (χ3v) is 14.5. The fraction of sp³-hybridized carbons (Fsp3) is 0.600. The fourth-order valence-electron chi connectivity index (χ4n) is 6.38. The number of methoxy groups -OCH3 is 1. The number of aryl methyl sites for hydroxylation is 2. The van der Waals surface area contributed by atoms with Gasteiger partial charge in [0.25, 0.3) is 8.32 Å². The Balaban J connectivity index is 1.83. The van der Waals surface area contributed by atoms with Gasteiger partial charge in [0.2, 0.25) is 5.88 Å². The van der Waals surface area contributed by atoms with Gasteiger partial charge in [-0.15, -0.1) is 0 Å². The molecule has 0 radical (unpaired) electrons. The molecule has 1 atom stereocenters. The zero-order valence-corrected chi connectivity index (χ0v) is 25.2. The highest BCUT2D eigenvalue weighted by molar-refractivity contribution is 6.78. The summed E-state index contributed by atoms with van der Waals surface area (Å²) in [4.78, 5) is 18.8. The van der Waals surface area contributed by atoms with Gasteiger partial charge in [0.15, 0.2) is 0 Å². The van der Waals surface area contributed by atoms with E-state index in [4.69, 9.17) is 9.16 Å². The van der Waals surface area contributed by atoms with Crippen molar-refractivity contribution in [2.45, 2.75) is 96.5 Å². The number of nitrogens with zero attached hydrogens (tertiary/aromatic N) is 2. The number of carbonyl (C=O) groups excluding carboxylic acids is 1. The Kier molecular flexibility index (Phi) is 9.25. The number of ether oxygens (including phenoxy) is 1. The molecule has 6 nitrogen and oxygen atoms in total. The van der Waals surface area contributed by atoms with Crippen LogP contribution in [0.3, 0.4) is 0 Å². The molecule has 1 N–H and O–H groups in total. The van der Waals surface area contributed by atoms with Crippen LogP contribution in [0.4, 0.5) is 0 Å². The minimum absolute atomic E-state index is 0.353. The van der Waals surface area contributed by atoms with Gasteiger partial charge in [0, 0.05) is 30.9 Å². The van der Waals surface area contributed by atoms with Crippen molar-refractivity contribution < 1.29 is 19.1 Å². The van der Waals surface area contributed by atoms with E-state index in [9.17, 15) is 9.90 Å². The average Bonchev–Trinajstić information content (AvgIpc) is 2.86. The highest BCUT2D eigenvalue weighted by Crippen LogP contribution is 2.44. The number of rotatable bonds is 10. The summed E-state index contributed by atoms with van der Waals surface area (Å²) in [5, 5.41) is 11.3. The predicted octanol–water partition coefficient (Wildman–Crippen LogP) is 6.48. The second-order valence-corrected chi connectivity index (χ2v) is 17.0. The lowest BCUT2D eigenvalue weighted by atomic mass is 9.84. The number of piperidine rings is 1. The van der Waals surface area contributed by atoms with Crippen molar-refractivity contribution in [2.75, 3.05) is 20.2 Å². The third kappa shape index (κ3) is 5.79. The van der Waals surface area contributed by atoms with E-state index in [0.29, 0.717) is 48.4 Å². The van der Waals surface area contributed by atoms with Crippen molar-refractivity contribution in [1.82, 2.24) is 9.88 Å². The average molecular weight is 527 g/mol. The van der Waals surface area contributed by atoms with Crippen LogP contribution in [0, 0.1) is 13.8 Å². The molecule has 1 aliphatic rings. The summed E-state index contributed by atoms with van der Waals surface area (Å²) in [6.07, 6.45) is 3.80. The minimum atomic E-state index is -2.08. The van der Waals surface area contributed by atoms with E-state index in [0.717, 1.165) is 34.3 Å². The first-order chi connectivity index (χ1) is 17.4. The first-order valence-corrected chi connectivity index (χ1v) is 15.8. The van der Waals surface area contributed by atoms with Crippen LogP contribution in [0.1, 0.15) is 82.7 Å². The second-order valence-electron chi connectivity index (χ2n) is 11.6. The van der Waals surface area contributed by atoms with E-state index in [-0.39, 0.29) is 6.04 Å². The molecular weight excluding hydrogens is 480 g/mol. The number of aliphatic hydroxyl groups is 1. The van der Waals surface area contributed by atoms with Crippen LogP contribution in [0.2, 0.25) is 16.6 Å². The number of hydrogen-bond donors (Lipinski definition) is 1. The maximum atomic E-state index is 12.4. The summed E-state index contributed by atoms with van der Waals surface area (Å²) in [6, 6.07) is 7.57. The van der Waals surface area contributed by atoms with Gasteiger partial charge in [0.1, 0.15) is 12.0 Å². The van der Waals surface area contributed by atoms with E-state index in [1.54, 1.807) is 19.4 Å². The van der Waals surface area contributed by atoms with Crippen LogP contribution in [0.5, 0.6) is 11.6 Å². The van der Waals surface area contributed by atoms with Gasteiger partial charge in [-0.05, 0) is 72.1 Å². The van der Waals surface area contributed by atoms with Crippen molar-refractivity contribution in [3.05, 3.63) is 52.7 Å². The summed E-state index contributed by atoms with van der Waals surface area (Å²) in [5.41, 5.74) is 4.46. The second kappa shape index (κ2) is 11.7. The summed E-state index contributed by atoms with van der Waals surface area (Å²) in [7, 11) is -0.505. The van der Waals surface area contributed by atoms with Crippen molar-refractivity contribution in [3.8, 4) is 11.6 Å². The van der Waals surface area contributed by atoms with Crippen LogP contribution in [0.15, 0.2) is 30.5 Å². The minimum Gasteiger partial charge on any atom is -0.543 e. The Morgan fingerprint density at radius 2 is 1.59 bits per heavy atom. The number of carbonyl (C=O) groups is 1. The molecule has 2 heterocycles. The molecule has 1 aromatic carbocycles. The number of benzene rings is 1. The quantitative estimate of drug-likeness (QED) is 0.282. The summed E-state index contributed by atoms with van der Waals surface area (Å²) in [5.74, 6) is 1.48. The lowest BCUT2D eigenvalue weighted by molar-refractivity contribution is -0.115. The zero-order chi connectivity index (χ0) is 27.5. The van der Waals surface area contributed by atoms with E-state index < -0.39 is 13.9 Å². The number of aldehydes is 1. The maximum absolute atomic E-state index is 12.4. The largest absolute Gasteiger partial charge is 0.543 e. The van der Waals surface area contributed by atoms with Crippen LogP contribution in [-0.2, 0) is 10.4 Å². The summed E-state index contributed by atoms with van der Waals surface area (Å²) < 4.78 is 12.1. The highest BCUT2D eigenvalue weighted by Gasteiger charge is 2.47. The molecule has 0 spiro atoms. The molecule has 0 amide bonds. The number of hydrogen-bond acceptors (Lipinski definition) is 6. The first-order valence-electron chi connectivity index (χ1n) is 13.6. The Labute approximate surface area is 224 Å². The zero-order valence-electron chi connectivity index (χ0n) is 24.2. The van der Waals surface area contributed by atoms with Crippen molar-refractivity contribution in [2.24, 2.45) is 0 Å².